The first kappa shape index (κ1) is 20.6. The monoisotopic (exact) mass is 410 g/mol. The largest absolute Gasteiger partial charge is 0.492 e. The first-order valence-electron chi connectivity index (χ1n) is 9.21. The second-order valence-corrected chi connectivity index (χ2v) is 7.30. The highest BCUT2D eigenvalue weighted by atomic mass is 32.2. The van der Waals surface area contributed by atoms with Gasteiger partial charge in [-0.3, -0.25) is 14.6 Å². The zero-order chi connectivity index (χ0) is 20.6. The molecule has 0 aliphatic rings. The molecule has 0 fully saturated rings. The lowest BCUT2D eigenvalue weighted by molar-refractivity contribution is -0.113. The number of thioether (sulfide) groups is 1. The summed E-state index contributed by atoms with van der Waals surface area (Å²) in [5, 5.41) is 11.2. The van der Waals surface area contributed by atoms with Gasteiger partial charge in [0.05, 0.1) is 18.0 Å². The van der Waals surface area contributed by atoms with E-state index >= 15 is 0 Å². The number of aromatic amines is 1. The van der Waals surface area contributed by atoms with Gasteiger partial charge in [-0.05, 0) is 31.5 Å². The summed E-state index contributed by atoms with van der Waals surface area (Å²) in [6.45, 7) is 4.40. The number of nitrogens with one attached hydrogen (secondary N) is 2. The van der Waals surface area contributed by atoms with E-state index in [2.05, 4.69) is 20.5 Å². The van der Waals surface area contributed by atoms with Crippen LogP contribution >= 0.6 is 11.8 Å². The number of hydrogen-bond acceptors (Lipinski definition) is 6. The van der Waals surface area contributed by atoms with Gasteiger partial charge in [0.15, 0.2) is 5.16 Å². The van der Waals surface area contributed by atoms with Crippen molar-refractivity contribution in [1.82, 2.24) is 15.2 Å². The normalized spacial score (nSPS) is 10.6. The Morgan fingerprint density at radius 3 is 2.62 bits per heavy atom. The van der Waals surface area contributed by atoms with Crippen LogP contribution in [0.3, 0.4) is 0 Å². The molecule has 1 aromatic heterocycles. The average Bonchev–Trinajstić information content (AvgIpc) is 2.71. The standard InChI is InChI=1S/C21H22N4O3S/c1-3-28-18-7-5-4-6-16(18)22-19(26)13-29-21-23-20(27)17(24-25-21)12-15-10-8-14(2)9-11-15/h4-11H,3,12-13H2,1-2H3,(H,22,26)(H,23,25,27). The van der Waals surface area contributed by atoms with Crippen LogP contribution in [0.4, 0.5) is 5.69 Å². The minimum atomic E-state index is -0.301. The average molecular weight is 410 g/mol. The van der Waals surface area contributed by atoms with Crippen LogP contribution in [-0.4, -0.2) is 33.4 Å². The fraction of sp³-hybridized carbons (Fsp3) is 0.238. The summed E-state index contributed by atoms with van der Waals surface area (Å²) in [6, 6.07) is 15.1. The second-order valence-electron chi connectivity index (χ2n) is 6.33. The van der Waals surface area contributed by atoms with Crippen LogP contribution in [0, 0.1) is 6.92 Å². The molecule has 7 nitrogen and oxygen atoms in total. The third kappa shape index (κ3) is 5.92. The molecule has 29 heavy (non-hydrogen) atoms. The molecule has 2 aromatic carbocycles. The summed E-state index contributed by atoms with van der Waals surface area (Å²) in [5.74, 6) is 0.470. The molecular formula is C21H22N4O3S. The number of para-hydroxylation sites is 2. The van der Waals surface area contributed by atoms with Gasteiger partial charge in [0.2, 0.25) is 5.91 Å². The van der Waals surface area contributed by atoms with E-state index in [1.165, 1.54) is 0 Å². The van der Waals surface area contributed by atoms with E-state index < -0.39 is 0 Å². The second kappa shape index (κ2) is 9.88. The van der Waals surface area contributed by atoms with E-state index in [0.717, 1.165) is 22.9 Å². The number of amides is 1. The highest BCUT2D eigenvalue weighted by molar-refractivity contribution is 7.99. The molecule has 3 aromatic rings. The van der Waals surface area contributed by atoms with E-state index in [9.17, 15) is 9.59 Å². The number of anilines is 1. The number of hydrogen-bond donors (Lipinski definition) is 2. The molecule has 0 bridgehead atoms. The Hall–Kier alpha value is -3.13. The van der Waals surface area contributed by atoms with Crippen LogP contribution < -0.4 is 15.6 Å². The van der Waals surface area contributed by atoms with Gasteiger partial charge in [-0.2, -0.15) is 0 Å². The number of ether oxygens (including phenoxy) is 1. The minimum absolute atomic E-state index is 0.0857. The molecular weight excluding hydrogens is 388 g/mol. The first-order valence-corrected chi connectivity index (χ1v) is 10.2. The van der Waals surface area contributed by atoms with Crippen molar-refractivity contribution in [1.29, 1.82) is 0 Å². The third-order valence-electron chi connectivity index (χ3n) is 4.04. The molecule has 0 aliphatic heterocycles. The third-order valence-corrected chi connectivity index (χ3v) is 4.90. The van der Waals surface area contributed by atoms with E-state index in [4.69, 9.17) is 4.74 Å². The van der Waals surface area contributed by atoms with Gasteiger partial charge in [0, 0.05) is 6.42 Å². The number of rotatable bonds is 8. The van der Waals surface area contributed by atoms with Crippen molar-refractivity contribution >= 4 is 23.4 Å². The molecule has 3 rings (SSSR count). The molecule has 0 aliphatic carbocycles. The predicted molar refractivity (Wildman–Crippen MR) is 114 cm³/mol. The summed E-state index contributed by atoms with van der Waals surface area (Å²) in [7, 11) is 0. The Morgan fingerprint density at radius 2 is 1.90 bits per heavy atom. The van der Waals surface area contributed by atoms with Crippen molar-refractivity contribution < 1.29 is 9.53 Å². The molecule has 1 heterocycles. The van der Waals surface area contributed by atoms with Gasteiger partial charge in [-0.1, -0.05) is 53.7 Å². The van der Waals surface area contributed by atoms with Crippen LogP contribution in [0.25, 0.3) is 0 Å². The Bertz CT molecular complexity index is 1030. The number of benzene rings is 2. The maximum atomic E-state index is 12.3. The molecule has 0 radical (unpaired) electrons. The number of aromatic nitrogens is 3. The lowest BCUT2D eigenvalue weighted by Crippen LogP contribution is -2.19. The fourth-order valence-electron chi connectivity index (χ4n) is 2.60. The van der Waals surface area contributed by atoms with Crippen molar-refractivity contribution in [3.63, 3.8) is 0 Å². The predicted octanol–water partition coefficient (Wildman–Crippen LogP) is 3.19. The zero-order valence-corrected chi connectivity index (χ0v) is 17.1. The zero-order valence-electron chi connectivity index (χ0n) is 16.3. The Labute approximate surface area is 172 Å². The number of nitrogens with zero attached hydrogens (tertiary/aromatic N) is 2. The topological polar surface area (TPSA) is 97.0 Å². The van der Waals surface area contributed by atoms with Gasteiger partial charge in [0.1, 0.15) is 11.4 Å². The summed E-state index contributed by atoms with van der Waals surface area (Å²) in [6.07, 6.45) is 0.405. The molecule has 0 saturated carbocycles. The lowest BCUT2D eigenvalue weighted by Gasteiger charge is -2.10. The highest BCUT2D eigenvalue weighted by Crippen LogP contribution is 2.24. The molecule has 0 atom stereocenters. The van der Waals surface area contributed by atoms with Crippen LogP contribution in [0.1, 0.15) is 23.7 Å². The minimum Gasteiger partial charge on any atom is -0.492 e. The molecule has 0 saturated heterocycles. The summed E-state index contributed by atoms with van der Waals surface area (Å²) < 4.78 is 5.49. The van der Waals surface area contributed by atoms with Crippen molar-refractivity contribution in [2.24, 2.45) is 0 Å². The van der Waals surface area contributed by atoms with Crippen molar-refractivity contribution in [3.05, 3.63) is 75.7 Å². The van der Waals surface area contributed by atoms with Gasteiger partial charge < -0.3 is 10.1 Å². The summed E-state index contributed by atoms with van der Waals surface area (Å²) >= 11 is 1.12. The van der Waals surface area contributed by atoms with E-state index in [-0.39, 0.29) is 17.2 Å². The summed E-state index contributed by atoms with van der Waals surface area (Å²) in [4.78, 5) is 27.2. The SMILES string of the molecule is CCOc1ccccc1NC(=O)CSc1nnc(Cc2ccc(C)cc2)c(=O)[nH]1. The first-order chi connectivity index (χ1) is 14.0. The number of aryl methyl sites for hydroxylation is 1. The van der Waals surface area contributed by atoms with E-state index in [0.29, 0.717) is 35.3 Å². The van der Waals surface area contributed by atoms with Gasteiger partial charge >= 0.3 is 0 Å². The molecule has 0 unspecified atom stereocenters. The van der Waals surface area contributed by atoms with Gasteiger partial charge in [0.25, 0.3) is 5.56 Å². The van der Waals surface area contributed by atoms with Crippen LogP contribution in [-0.2, 0) is 11.2 Å². The van der Waals surface area contributed by atoms with Crippen molar-refractivity contribution in [3.8, 4) is 5.75 Å². The van der Waals surface area contributed by atoms with Crippen molar-refractivity contribution in [2.45, 2.75) is 25.4 Å². The smallest absolute Gasteiger partial charge is 0.273 e. The van der Waals surface area contributed by atoms with Crippen LogP contribution in [0.15, 0.2) is 58.5 Å². The van der Waals surface area contributed by atoms with Gasteiger partial charge in [-0.25, -0.2) is 0 Å². The molecule has 0 spiro atoms. The Kier molecular flexibility index (Phi) is 7.02. The van der Waals surface area contributed by atoms with Crippen LogP contribution in [0.5, 0.6) is 5.75 Å². The Balaban J connectivity index is 1.58. The number of H-pyrrole nitrogens is 1. The van der Waals surface area contributed by atoms with E-state index in [1.54, 1.807) is 12.1 Å². The van der Waals surface area contributed by atoms with Crippen LogP contribution in [0.2, 0.25) is 0 Å². The lowest BCUT2D eigenvalue weighted by atomic mass is 10.1. The van der Waals surface area contributed by atoms with Gasteiger partial charge in [-0.15, -0.1) is 10.2 Å². The number of carbonyl (C=O) groups excluding carboxylic acids is 1. The number of carbonyl (C=O) groups is 1. The molecule has 1 amide bonds. The van der Waals surface area contributed by atoms with Crippen molar-refractivity contribution in [2.75, 3.05) is 17.7 Å². The van der Waals surface area contributed by atoms with E-state index in [1.807, 2.05) is 50.2 Å². The molecule has 2 N–H and O–H groups in total. The maximum Gasteiger partial charge on any atom is 0.273 e. The quantitative estimate of drug-likeness (QED) is 0.554. The Morgan fingerprint density at radius 1 is 1.14 bits per heavy atom. The summed E-state index contributed by atoms with van der Waals surface area (Å²) in [5.41, 5.74) is 2.79. The maximum absolute atomic E-state index is 12.3. The molecule has 8 heteroatoms. The molecule has 150 valence electrons. The fourth-order valence-corrected chi connectivity index (χ4v) is 3.20. The highest BCUT2D eigenvalue weighted by Gasteiger charge is 2.11.